The molecule has 0 radical (unpaired) electrons. The SMILES string of the molecule is COc1cccc(C=C2Sc3ccc(C(=O)NCCc4ccc(OC)c(OC)c4)cc3NC2=O)c1. The van der Waals surface area contributed by atoms with Crippen LogP contribution in [-0.4, -0.2) is 39.7 Å². The molecule has 0 spiro atoms. The lowest BCUT2D eigenvalue weighted by atomic mass is 10.1. The zero-order chi connectivity index (χ0) is 24.8. The van der Waals surface area contributed by atoms with Crippen molar-refractivity contribution in [1.29, 1.82) is 0 Å². The molecule has 0 aromatic heterocycles. The van der Waals surface area contributed by atoms with Crippen LogP contribution in [0.3, 0.4) is 0 Å². The lowest BCUT2D eigenvalue weighted by Gasteiger charge is -2.19. The Bertz CT molecular complexity index is 1290. The summed E-state index contributed by atoms with van der Waals surface area (Å²) in [5.41, 5.74) is 3.00. The first-order valence-corrected chi connectivity index (χ1v) is 11.8. The van der Waals surface area contributed by atoms with E-state index in [0.717, 1.165) is 21.8 Å². The monoisotopic (exact) mass is 490 g/mol. The molecule has 0 unspecified atom stereocenters. The summed E-state index contributed by atoms with van der Waals surface area (Å²) in [5, 5.41) is 5.82. The van der Waals surface area contributed by atoms with Gasteiger partial charge in [0.1, 0.15) is 5.75 Å². The molecule has 0 saturated heterocycles. The predicted octanol–water partition coefficient (Wildman–Crippen LogP) is 4.77. The minimum absolute atomic E-state index is 0.203. The van der Waals surface area contributed by atoms with Crippen molar-refractivity contribution in [2.45, 2.75) is 11.3 Å². The number of thioether (sulfide) groups is 1. The molecule has 3 aromatic rings. The quantitative estimate of drug-likeness (QED) is 0.443. The van der Waals surface area contributed by atoms with Gasteiger partial charge in [0.2, 0.25) is 0 Å². The fraction of sp³-hybridized carbons (Fsp3) is 0.185. The molecular formula is C27H26N2O5S. The molecule has 0 fully saturated rings. The Morgan fingerprint density at radius 1 is 0.971 bits per heavy atom. The lowest BCUT2D eigenvalue weighted by molar-refractivity contribution is -0.112. The van der Waals surface area contributed by atoms with Crippen LogP contribution < -0.4 is 24.8 Å². The van der Waals surface area contributed by atoms with Crippen molar-refractivity contribution in [3.8, 4) is 17.2 Å². The summed E-state index contributed by atoms with van der Waals surface area (Å²) >= 11 is 1.37. The van der Waals surface area contributed by atoms with Gasteiger partial charge in [0, 0.05) is 17.0 Å². The Hall–Kier alpha value is -3.91. The number of benzene rings is 3. The molecule has 3 aromatic carbocycles. The number of hydrogen-bond acceptors (Lipinski definition) is 6. The Morgan fingerprint density at radius 2 is 1.80 bits per heavy atom. The molecule has 4 rings (SSSR count). The molecule has 1 aliphatic rings. The average molecular weight is 491 g/mol. The minimum atomic E-state index is -0.212. The minimum Gasteiger partial charge on any atom is -0.497 e. The van der Waals surface area contributed by atoms with E-state index in [1.807, 2.05) is 54.6 Å². The van der Waals surface area contributed by atoms with Gasteiger partial charge in [-0.05, 0) is 66.1 Å². The van der Waals surface area contributed by atoms with Crippen molar-refractivity contribution in [2.24, 2.45) is 0 Å². The van der Waals surface area contributed by atoms with Gasteiger partial charge in [-0.25, -0.2) is 0 Å². The topological polar surface area (TPSA) is 85.9 Å². The first kappa shape index (κ1) is 24.2. The smallest absolute Gasteiger partial charge is 0.262 e. The Kier molecular flexibility index (Phi) is 7.62. The summed E-state index contributed by atoms with van der Waals surface area (Å²) < 4.78 is 15.8. The van der Waals surface area contributed by atoms with Crippen molar-refractivity contribution in [3.63, 3.8) is 0 Å². The summed E-state index contributed by atoms with van der Waals surface area (Å²) in [4.78, 5) is 26.8. The van der Waals surface area contributed by atoms with Crippen LogP contribution in [0, 0.1) is 0 Å². The van der Waals surface area contributed by atoms with E-state index in [1.54, 1.807) is 33.5 Å². The third-order valence-corrected chi connectivity index (χ3v) is 6.57. The Labute approximate surface area is 208 Å². The van der Waals surface area contributed by atoms with Crippen LogP contribution >= 0.6 is 11.8 Å². The van der Waals surface area contributed by atoms with Crippen LogP contribution in [-0.2, 0) is 11.2 Å². The second kappa shape index (κ2) is 11.0. The molecule has 0 bridgehead atoms. The van der Waals surface area contributed by atoms with Gasteiger partial charge in [-0.1, -0.05) is 30.0 Å². The van der Waals surface area contributed by atoms with E-state index < -0.39 is 0 Å². The number of carbonyl (C=O) groups is 2. The highest BCUT2D eigenvalue weighted by Crippen LogP contribution is 2.39. The third kappa shape index (κ3) is 5.78. The normalized spacial score (nSPS) is 13.6. The maximum Gasteiger partial charge on any atom is 0.262 e. The summed E-state index contributed by atoms with van der Waals surface area (Å²) in [7, 11) is 4.79. The van der Waals surface area contributed by atoms with Gasteiger partial charge in [-0.15, -0.1) is 0 Å². The second-order valence-corrected chi connectivity index (χ2v) is 8.83. The Balaban J connectivity index is 1.40. The number of amides is 2. The standard InChI is InChI=1S/C27H26N2O5S/c1-32-20-6-4-5-18(13-20)15-25-27(31)29-21-16-19(8-10-24(21)35-25)26(30)28-12-11-17-7-9-22(33-2)23(14-17)34-3/h4-10,13-16H,11-12H2,1-3H3,(H,28,30)(H,29,31). The molecule has 35 heavy (non-hydrogen) atoms. The van der Waals surface area contributed by atoms with Gasteiger partial charge in [0.15, 0.2) is 11.5 Å². The number of ether oxygens (including phenoxy) is 3. The summed E-state index contributed by atoms with van der Waals surface area (Å²) in [6.45, 7) is 0.458. The van der Waals surface area contributed by atoms with Crippen LogP contribution in [0.5, 0.6) is 17.2 Å². The van der Waals surface area contributed by atoms with Crippen molar-refractivity contribution >= 4 is 35.3 Å². The van der Waals surface area contributed by atoms with Crippen molar-refractivity contribution in [2.75, 3.05) is 33.2 Å². The Morgan fingerprint density at radius 3 is 2.57 bits per heavy atom. The maximum atomic E-state index is 12.7. The molecule has 180 valence electrons. The van der Waals surface area contributed by atoms with E-state index in [0.29, 0.717) is 40.6 Å². The van der Waals surface area contributed by atoms with E-state index in [4.69, 9.17) is 14.2 Å². The van der Waals surface area contributed by atoms with Gasteiger partial charge in [0.25, 0.3) is 11.8 Å². The predicted molar refractivity (Wildman–Crippen MR) is 137 cm³/mol. The number of fused-ring (bicyclic) bond motifs is 1. The van der Waals surface area contributed by atoms with Gasteiger partial charge in [-0.3, -0.25) is 9.59 Å². The van der Waals surface area contributed by atoms with Crippen LogP contribution in [0.2, 0.25) is 0 Å². The van der Waals surface area contributed by atoms with E-state index >= 15 is 0 Å². The molecule has 0 aliphatic carbocycles. The fourth-order valence-corrected chi connectivity index (χ4v) is 4.57. The maximum absolute atomic E-state index is 12.7. The highest BCUT2D eigenvalue weighted by molar-refractivity contribution is 8.04. The molecule has 1 heterocycles. The van der Waals surface area contributed by atoms with Gasteiger partial charge >= 0.3 is 0 Å². The molecule has 2 N–H and O–H groups in total. The highest BCUT2D eigenvalue weighted by atomic mass is 32.2. The number of methoxy groups -OCH3 is 3. The van der Waals surface area contributed by atoms with E-state index in [2.05, 4.69) is 10.6 Å². The van der Waals surface area contributed by atoms with Crippen molar-refractivity contribution in [1.82, 2.24) is 5.32 Å². The lowest BCUT2D eigenvalue weighted by Crippen LogP contribution is -2.26. The number of hydrogen-bond donors (Lipinski definition) is 2. The molecule has 2 amide bonds. The molecular weight excluding hydrogens is 464 g/mol. The largest absolute Gasteiger partial charge is 0.497 e. The van der Waals surface area contributed by atoms with Crippen molar-refractivity contribution in [3.05, 3.63) is 82.3 Å². The molecule has 7 nitrogen and oxygen atoms in total. The second-order valence-electron chi connectivity index (χ2n) is 7.75. The number of rotatable bonds is 8. The zero-order valence-electron chi connectivity index (χ0n) is 19.7. The van der Waals surface area contributed by atoms with Crippen molar-refractivity contribution < 1.29 is 23.8 Å². The first-order valence-electron chi connectivity index (χ1n) is 11.0. The van der Waals surface area contributed by atoms with Gasteiger partial charge in [0.05, 0.1) is 31.9 Å². The van der Waals surface area contributed by atoms with Crippen LogP contribution in [0.1, 0.15) is 21.5 Å². The zero-order valence-corrected chi connectivity index (χ0v) is 20.5. The molecule has 0 saturated carbocycles. The van der Waals surface area contributed by atoms with Gasteiger partial charge < -0.3 is 24.8 Å². The summed E-state index contributed by atoms with van der Waals surface area (Å²) in [6, 6.07) is 18.5. The fourth-order valence-electron chi connectivity index (χ4n) is 3.64. The summed E-state index contributed by atoms with van der Waals surface area (Å²) in [6.07, 6.45) is 2.46. The number of anilines is 1. The van der Waals surface area contributed by atoms with Crippen LogP contribution in [0.4, 0.5) is 5.69 Å². The van der Waals surface area contributed by atoms with Crippen LogP contribution in [0.15, 0.2) is 70.5 Å². The average Bonchev–Trinajstić information content (AvgIpc) is 2.88. The van der Waals surface area contributed by atoms with E-state index in [9.17, 15) is 9.59 Å². The number of nitrogens with one attached hydrogen (secondary N) is 2. The molecule has 0 atom stereocenters. The first-order chi connectivity index (χ1) is 17.0. The van der Waals surface area contributed by atoms with Crippen LogP contribution in [0.25, 0.3) is 6.08 Å². The van der Waals surface area contributed by atoms with E-state index in [1.165, 1.54) is 11.8 Å². The number of carbonyl (C=O) groups excluding carboxylic acids is 2. The third-order valence-electron chi connectivity index (χ3n) is 5.47. The summed E-state index contributed by atoms with van der Waals surface area (Å²) in [5.74, 6) is 1.62. The molecule has 1 aliphatic heterocycles. The molecule has 8 heteroatoms. The highest BCUT2D eigenvalue weighted by Gasteiger charge is 2.22. The van der Waals surface area contributed by atoms with E-state index in [-0.39, 0.29) is 11.8 Å². The van der Waals surface area contributed by atoms with Gasteiger partial charge in [-0.2, -0.15) is 0 Å².